The standard InChI is InChI=1S/C21H21N5O3/c1-25-11-17(9-23-25)26-6-2-3-16(24-26)12-28-18-4-5-21-15(7-18)8-19(10-22-21)29-20-13-27-14-20/h2,4-11,20H,3,12-14H2,1H3. The number of rotatable bonds is 6. The molecule has 1 saturated heterocycles. The molecule has 0 spiro atoms. The van der Waals surface area contributed by atoms with Crippen molar-refractivity contribution < 1.29 is 14.2 Å². The first-order chi connectivity index (χ1) is 14.2. The molecule has 0 atom stereocenters. The van der Waals surface area contributed by atoms with Gasteiger partial charge >= 0.3 is 0 Å². The minimum Gasteiger partial charge on any atom is -0.488 e. The van der Waals surface area contributed by atoms with Crippen LogP contribution in [0.15, 0.2) is 60.2 Å². The van der Waals surface area contributed by atoms with Gasteiger partial charge in [-0.1, -0.05) is 6.08 Å². The van der Waals surface area contributed by atoms with Crippen molar-refractivity contribution in [3.05, 3.63) is 55.1 Å². The maximum Gasteiger partial charge on any atom is 0.145 e. The van der Waals surface area contributed by atoms with Gasteiger partial charge in [0.1, 0.15) is 29.9 Å². The third-order valence-electron chi connectivity index (χ3n) is 4.75. The first-order valence-electron chi connectivity index (χ1n) is 9.51. The maximum absolute atomic E-state index is 6.00. The third-order valence-corrected chi connectivity index (χ3v) is 4.75. The van der Waals surface area contributed by atoms with E-state index in [1.807, 2.05) is 48.7 Å². The van der Waals surface area contributed by atoms with Crippen LogP contribution >= 0.6 is 0 Å². The summed E-state index contributed by atoms with van der Waals surface area (Å²) in [4.78, 5) is 4.46. The molecule has 2 aliphatic rings. The smallest absolute Gasteiger partial charge is 0.145 e. The second-order valence-corrected chi connectivity index (χ2v) is 7.06. The minimum absolute atomic E-state index is 0.119. The highest BCUT2D eigenvalue weighted by atomic mass is 16.6. The zero-order chi connectivity index (χ0) is 19.6. The highest BCUT2D eigenvalue weighted by Crippen LogP contribution is 2.25. The number of aromatic nitrogens is 3. The second-order valence-electron chi connectivity index (χ2n) is 7.06. The monoisotopic (exact) mass is 391 g/mol. The SMILES string of the molecule is Cn1cc(N2C=CCC(COc3ccc4ncc(OC5COC5)cc4c3)=N2)cn1. The number of hydrazone groups is 1. The van der Waals surface area contributed by atoms with E-state index < -0.39 is 0 Å². The van der Waals surface area contributed by atoms with Gasteiger partial charge in [0.05, 0.1) is 43.0 Å². The summed E-state index contributed by atoms with van der Waals surface area (Å²) in [6, 6.07) is 7.84. The second kappa shape index (κ2) is 7.56. The molecule has 4 heterocycles. The van der Waals surface area contributed by atoms with Gasteiger partial charge in [0.15, 0.2) is 0 Å². The number of pyridine rings is 1. The van der Waals surface area contributed by atoms with E-state index in [4.69, 9.17) is 14.2 Å². The Kier molecular flexibility index (Phi) is 4.61. The number of fused-ring (bicyclic) bond motifs is 1. The number of anilines is 1. The molecule has 3 aromatic rings. The molecule has 8 heteroatoms. The van der Waals surface area contributed by atoms with Gasteiger partial charge in [-0.25, -0.2) is 5.01 Å². The predicted octanol–water partition coefficient (Wildman–Crippen LogP) is 2.90. The van der Waals surface area contributed by atoms with Crippen molar-refractivity contribution in [3.63, 3.8) is 0 Å². The van der Waals surface area contributed by atoms with Crippen LogP contribution in [0.4, 0.5) is 5.69 Å². The van der Waals surface area contributed by atoms with E-state index in [1.165, 1.54) is 0 Å². The van der Waals surface area contributed by atoms with Crippen molar-refractivity contribution in [1.82, 2.24) is 14.8 Å². The number of aryl methyl sites for hydroxylation is 1. The van der Waals surface area contributed by atoms with Crippen LogP contribution in [0.25, 0.3) is 10.9 Å². The summed E-state index contributed by atoms with van der Waals surface area (Å²) >= 11 is 0. The zero-order valence-corrected chi connectivity index (χ0v) is 16.1. The van der Waals surface area contributed by atoms with Crippen LogP contribution in [0.1, 0.15) is 6.42 Å². The molecule has 0 N–H and O–H groups in total. The lowest BCUT2D eigenvalue weighted by molar-refractivity contribution is -0.0797. The molecule has 8 nitrogen and oxygen atoms in total. The molecule has 29 heavy (non-hydrogen) atoms. The lowest BCUT2D eigenvalue weighted by Gasteiger charge is -2.26. The predicted molar refractivity (Wildman–Crippen MR) is 109 cm³/mol. The summed E-state index contributed by atoms with van der Waals surface area (Å²) in [6.45, 7) is 1.68. The molecule has 5 rings (SSSR count). The van der Waals surface area contributed by atoms with Crippen molar-refractivity contribution in [2.24, 2.45) is 12.1 Å². The van der Waals surface area contributed by atoms with Gasteiger partial charge in [0.2, 0.25) is 0 Å². The van der Waals surface area contributed by atoms with Gasteiger partial charge in [-0.15, -0.1) is 0 Å². The van der Waals surface area contributed by atoms with E-state index in [0.29, 0.717) is 19.8 Å². The minimum atomic E-state index is 0.119. The maximum atomic E-state index is 6.00. The first-order valence-corrected chi connectivity index (χ1v) is 9.51. The highest BCUT2D eigenvalue weighted by Gasteiger charge is 2.20. The van der Waals surface area contributed by atoms with E-state index in [2.05, 4.69) is 21.3 Å². The lowest BCUT2D eigenvalue weighted by atomic mass is 10.2. The molecule has 0 radical (unpaired) electrons. The Bertz CT molecular complexity index is 1090. The largest absolute Gasteiger partial charge is 0.488 e. The van der Waals surface area contributed by atoms with E-state index in [1.54, 1.807) is 17.1 Å². The van der Waals surface area contributed by atoms with Gasteiger partial charge in [-0.3, -0.25) is 9.67 Å². The molecule has 0 aliphatic carbocycles. The average Bonchev–Trinajstić information content (AvgIpc) is 3.15. The highest BCUT2D eigenvalue weighted by molar-refractivity contribution is 5.89. The van der Waals surface area contributed by atoms with Crippen LogP contribution in [0.3, 0.4) is 0 Å². The third kappa shape index (κ3) is 3.93. The molecular weight excluding hydrogens is 370 g/mol. The summed E-state index contributed by atoms with van der Waals surface area (Å²) in [5.41, 5.74) is 2.76. The number of nitrogens with zero attached hydrogens (tertiary/aromatic N) is 5. The summed E-state index contributed by atoms with van der Waals surface area (Å²) in [5.74, 6) is 1.52. The van der Waals surface area contributed by atoms with Crippen molar-refractivity contribution in [2.75, 3.05) is 24.8 Å². The Morgan fingerprint density at radius 3 is 2.86 bits per heavy atom. The summed E-state index contributed by atoms with van der Waals surface area (Å²) in [5, 5.41) is 11.6. The van der Waals surface area contributed by atoms with Crippen molar-refractivity contribution in [1.29, 1.82) is 0 Å². The molecule has 0 saturated carbocycles. The van der Waals surface area contributed by atoms with Crippen molar-refractivity contribution >= 4 is 22.3 Å². The normalized spacial score (nSPS) is 16.6. The number of hydrogen-bond donors (Lipinski definition) is 0. The number of hydrogen-bond acceptors (Lipinski definition) is 7. The molecule has 148 valence electrons. The Morgan fingerprint density at radius 2 is 2.07 bits per heavy atom. The molecule has 2 aromatic heterocycles. The number of allylic oxidation sites excluding steroid dienone is 1. The number of benzene rings is 1. The van der Waals surface area contributed by atoms with Crippen molar-refractivity contribution in [2.45, 2.75) is 12.5 Å². The van der Waals surface area contributed by atoms with Crippen LogP contribution in [-0.2, 0) is 11.8 Å². The van der Waals surface area contributed by atoms with E-state index >= 15 is 0 Å². The first kappa shape index (κ1) is 17.7. The van der Waals surface area contributed by atoms with E-state index in [9.17, 15) is 0 Å². The van der Waals surface area contributed by atoms with Crippen LogP contribution in [0.5, 0.6) is 11.5 Å². The molecule has 1 aromatic carbocycles. The fourth-order valence-corrected chi connectivity index (χ4v) is 3.16. The van der Waals surface area contributed by atoms with Crippen LogP contribution in [0, 0.1) is 0 Å². The van der Waals surface area contributed by atoms with Gasteiger partial charge in [-0.2, -0.15) is 10.2 Å². The van der Waals surface area contributed by atoms with Crippen LogP contribution < -0.4 is 14.5 Å². The average molecular weight is 391 g/mol. The summed E-state index contributed by atoms with van der Waals surface area (Å²) in [7, 11) is 1.88. The zero-order valence-electron chi connectivity index (χ0n) is 16.1. The van der Waals surface area contributed by atoms with Gasteiger partial charge in [0, 0.05) is 25.1 Å². The van der Waals surface area contributed by atoms with Crippen LogP contribution in [-0.4, -0.2) is 46.4 Å². The van der Waals surface area contributed by atoms with Gasteiger partial charge in [-0.05, 0) is 24.3 Å². The quantitative estimate of drug-likeness (QED) is 0.643. The Labute approximate surface area is 168 Å². The van der Waals surface area contributed by atoms with E-state index in [-0.39, 0.29) is 6.10 Å². The fourth-order valence-electron chi connectivity index (χ4n) is 3.16. The Hall–Kier alpha value is -3.39. The van der Waals surface area contributed by atoms with Gasteiger partial charge in [0.25, 0.3) is 0 Å². The molecular formula is C21H21N5O3. The molecule has 0 amide bonds. The molecule has 1 fully saturated rings. The Balaban J connectivity index is 1.27. The topological polar surface area (TPSA) is 74.0 Å². The summed E-state index contributed by atoms with van der Waals surface area (Å²) in [6.07, 6.45) is 10.3. The number of ether oxygens (including phenoxy) is 3. The van der Waals surface area contributed by atoms with E-state index in [0.717, 1.165) is 40.2 Å². The molecule has 2 aliphatic heterocycles. The van der Waals surface area contributed by atoms with Gasteiger partial charge < -0.3 is 14.2 Å². The molecule has 0 unspecified atom stereocenters. The molecule has 0 bridgehead atoms. The van der Waals surface area contributed by atoms with Crippen molar-refractivity contribution in [3.8, 4) is 11.5 Å². The fraction of sp³-hybridized carbons (Fsp3) is 0.286. The lowest BCUT2D eigenvalue weighted by Crippen LogP contribution is -2.38. The van der Waals surface area contributed by atoms with Crippen LogP contribution in [0.2, 0.25) is 0 Å². The summed E-state index contributed by atoms with van der Waals surface area (Å²) < 4.78 is 18.7. The Morgan fingerprint density at radius 1 is 1.17 bits per heavy atom.